The van der Waals surface area contributed by atoms with Gasteiger partial charge in [0.15, 0.2) is 0 Å². The molecule has 3 nitrogen and oxygen atoms in total. The molecule has 0 aliphatic carbocycles. The van der Waals surface area contributed by atoms with E-state index in [1.807, 2.05) is 19.1 Å². The van der Waals surface area contributed by atoms with Crippen LogP contribution in [0.5, 0.6) is 0 Å². The van der Waals surface area contributed by atoms with Crippen molar-refractivity contribution in [3.05, 3.63) is 35.4 Å². The standard InChI is InChI=1S/C15H18F3NO2/c1-11-4-2-3-5-12(11)14(21)8-9-19(10-14)13(20)6-7-15(16,17)18/h2-5,21H,6-10H2,1H3/t14-/m1/s1. The fourth-order valence-corrected chi connectivity index (χ4v) is 2.73. The Labute approximate surface area is 121 Å². The highest BCUT2D eigenvalue weighted by Crippen LogP contribution is 2.34. The molecule has 21 heavy (non-hydrogen) atoms. The number of carbonyl (C=O) groups is 1. The molecule has 1 fully saturated rings. The van der Waals surface area contributed by atoms with E-state index in [1.54, 1.807) is 12.1 Å². The Balaban J connectivity index is 2.03. The predicted molar refractivity (Wildman–Crippen MR) is 71.6 cm³/mol. The van der Waals surface area contributed by atoms with Gasteiger partial charge in [0.25, 0.3) is 0 Å². The maximum absolute atomic E-state index is 12.2. The van der Waals surface area contributed by atoms with Gasteiger partial charge in [-0.3, -0.25) is 4.79 Å². The molecule has 1 aliphatic rings. The molecule has 0 spiro atoms. The van der Waals surface area contributed by atoms with Crippen molar-refractivity contribution in [2.24, 2.45) is 0 Å². The van der Waals surface area contributed by atoms with Crippen molar-refractivity contribution in [2.75, 3.05) is 13.1 Å². The maximum atomic E-state index is 12.2. The van der Waals surface area contributed by atoms with Gasteiger partial charge in [-0.2, -0.15) is 13.2 Å². The molecule has 1 amide bonds. The number of benzene rings is 1. The minimum Gasteiger partial charge on any atom is -0.383 e. The van der Waals surface area contributed by atoms with Crippen molar-refractivity contribution in [1.29, 1.82) is 0 Å². The highest BCUT2D eigenvalue weighted by atomic mass is 19.4. The SMILES string of the molecule is Cc1ccccc1[C@@]1(O)CCN(C(=O)CCC(F)(F)F)C1. The van der Waals surface area contributed by atoms with Crippen LogP contribution < -0.4 is 0 Å². The number of hydrogen-bond acceptors (Lipinski definition) is 2. The number of hydrogen-bond donors (Lipinski definition) is 1. The molecule has 0 radical (unpaired) electrons. The molecule has 1 heterocycles. The summed E-state index contributed by atoms with van der Waals surface area (Å²) in [6.07, 6.45) is -5.67. The van der Waals surface area contributed by atoms with Gasteiger partial charge in [0.2, 0.25) is 5.91 Å². The Hall–Kier alpha value is -1.56. The molecule has 1 aromatic carbocycles. The van der Waals surface area contributed by atoms with Gasteiger partial charge in [0.1, 0.15) is 5.60 Å². The van der Waals surface area contributed by atoms with Crippen LogP contribution in [0.2, 0.25) is 0 Å². The number of carbonyl (C=O) groups excluding carboxylic acids is 1. The highest BCUT2D eigenvalue weighted by Gasteiger charge is 2.40. The van der Waals surface area contributed by atoms with E-state index in [4.69, 9.17) is 0 Å². The van der Waals surface area contributed by atoms with E-state index in [0.717, 1.165) is 11.1 Å². The molecule has 2 rings (SSSR count). The fraction of sp³-hybridized carbons (Fsp3) is 0.533. The van der Waals surface area contributed by atoms with Gasteiger partial charge in [-0.1, -0.05) is 24.3 Å². The summed E-state index contributed by atoms with van der Waals surface area (Å²) in [6.45, 7) is 2.19. The lowest BCUT2D eigenvalue weighted by atomic mass is 9.89. The zero-order chi connectivity index (χ0) is 15.7. The summed E-state index contributed by atoms with van der Waals surface area (Å²) < 4.78 is 36.5. The quantitative estimate of drug-likeness (QED) is 0.932. The molecule has 1 atom stereocenters. The minimum absolute atomic E-state index is 0.0501. The van der Waals surface area contributed by atoms with Gasteiger partial charge >= 0.3 is 6.18 Å². The number of nitrogens with zero attached hydrogens (tertiary/aromatic N) is 1. The van der Waals surface area contributed by atoms with Crippen LogP contribution in [0.15, 0.2) is 24.3 Å². The first-order valence-corrected chi connectivity index (χ1v) is 6.84. The van der Waals surface area contributed by atoms with E-state index in [2.05, 4.69) is 0 Å². The summed E-state index contributed by atoms with van der Waals surface area (Å²) in [5.74, 6) is -0.558. The van der Waals surface area contributed by atoms with E-state index < -0.39 is 30.5 Å². The van der Waals surface area contributed by atoms with Crippen LogP contribution >= 0.6 is 0 Å². The molecular formula is C15H18F3NO2. The van der Waals surface area contributed by atoms with Crippen LogP contribution in [0, 0.1) is 6.92 Å². The van der Waals surface area contributed by atoms with Crippen LogP contribution in [0.3, 0.4) is 0 Å². The average molecular weight is 301 g/mol. The first-order valence-electron chi connectivity index (χ1n) is 6.84. The second-order valence-corrected chi connectivity index (χ2v) is 5.53. The Kier molecular flexibility index (Phi) is 4.27. The Bertz CT molecular complexity index is 530. The third kappa shape index (κ3) is 3.75. The molecule has 0 bridgehead atoms. The molecule has 1 N–H and O–H groups in total. The minimum atomic E-state index is -4.33. The van der Waals surface area contributed by atoms with Crippen molar-refractivity contribution < 1.29 is 23.1 Å². The van der Waals surface area contributed by atoms with Gasteiger partial charge < -0.3 is 10.0 Å². The first-order chi connectivity index (χ1) is 9.71. The van der Waals surface area contributed by atoms with Crippen molar-refractivity contribution >= 4 is 5.91 Å². The van der Waals surface area contributed by atoms with Crippen molar-refractivity contribution in [3.63, 3.8) is 0 Å². The summed E-state index contributed by atoms with van der Waals surface area (Å²) in [6, 6.07) is 7.30. The fourth-order valence-electron chi connectivity index (χ4n) is 2.73. The summed E-state index contributed by atoms with van der Waals surface area (Å²) in [4.78, 5) is 13.1. The van der Waals surface area contributed by atoms with Gasteiger partial charge in [-0.25, -0.2) is 0 Å². The zero-order valence-corrected chi connectivity index (χ0v) is 11.8. The number of halogens is 3. The number of rotatable bonds is 3. The number of amides is 1. The summed E-state index contributed by atoms with van der Waals surface area (Å²) in [5, 5.41) is 10.7. The first kappa shape index (κ1) is 15.8. The number of aliphatic hydroxyl groups is 1. The molecule has 0 saturated carbocycles. The Morgan fingerprint density at radius 1 is 1.38 bits per heavy atom. The largest absolute Gasteiger partial charge is 0.389 e. The lowest BCUT2D eigenvalue weighted by Gasteiger charge is -2.25. The lowest BCUT2D eigenvalue weighted by Crippen LogP contribution is -2.35. The third-order valence-electron chi connectivity index (χ3n) is 3.87. The number of β-amino-alcohol motifs (C(OH)–C–C–N with tert-alkyl or cyclic N) is 1. The summed E-state index contributed by atoms with van der Waals surface area (Å²) in [7, 11) is 0. The van der Waals surface area contributed by atoms with E-state index in [9.17, 15) is 23.1 Å². The molecular weight excluding hydrogens is 283 g/mol. The lowest BCUT2D eigenvalue weighted by molar-refractivity contribution is -0.149. The summed E-state index contributed by atoms with van der Waals surface area (Å²) in [5.41, 5.74) is 0.472. The molecule has 1 aromatic rings. The molecule has 0 unspecified atom stereocenters. The molecule has 6 heteroatoms. The zero-order valence-electron chi connectivity index (χ0n) is 11.8. The number of aryl methyl sites for hydroxylation is 1. The van der Waals surface area contributed by atoms with Crippen molar-refractivity contribution in [2.45, 2.75) is 38.0 Å². The Morgan fingerprint density at radius 2 is 2.05 bits per heavy atom. The van der Waals surface area contributed by atoms with Crippen molar-refractivity contribution in [1.82, 2.24) is 4.90 Å². The third-order valence-corrected chi connectivity index (χ3v) is 3.87. The maximum Gasteiger partial charge on any atom is 0.389 e. The molecule has 0 aromatic heterocycles. The highest BCUT2D eigenvalue weighted by molar-refractivity contribution is 5.76. The molecule has 116 valence electrons. The number of alkyl halides is 3. The van der Waals surface area contributed by atoms with Crippen LogP contribution in [0.4, 0.5) is 13.2 Å². The molecule has 1 aliphatic heterocycles. The van der Waals surface area contributed by atoms with Gasteiger partial charge in [0.05, 0.1) is 13.0 Å². The van der Waals surface area contributed by atoms with E-state index in [1.165, 1.54) is 4.90 Å². The monoisotopic (exact) mass is 301 g/mol. The topological polar surface area (TPSA) is 40.5 Å². The van der Waals surface area contributed by atoms with Crippen molar-refractivity contribution in [3.8, 4) is 0 Å². The van der Waals surface area contributed by atoms with Crippen LogP contribution in [0.1, 0.15) is 30.4 Å². The smallest absolute Gasteiger partial charge is 0.383 e. The van der Waals surface area contributed by atoms with Gasteiger partial charge in [-0.05, 0) is 24.5 Å². The van der Waals surface area contributed by atoms with E-state index in [-0.39, 0.29) is 13.1 Å². The average Bonchev–Trinajstić information content (AvgIpc) is 2.79. The second kappa shape index (κ2) is 5.67. The summed E-state index contributed by atoms with van der Waals surface area (Å²) >= 11 is 0. The van der Waals surface area contributed by atoms with Crippen LogP contribution in [0.25, 0.3) is 0 Å². The molecule has 1 saturated heterocycles. The Morgan fingerprint density at radius 3 is 2.67 bits per heavy atom. The normalized spacial score (nSPS) is 22.6. The van der Waals surface area contributed by atoms with E-state index in [0.29, 0.717) is 6.42 Å². The second-order valence-electron chi connectivity index (χ2n) is 5.53. The van der Waals surface area contributed by atoms with E-state index >= 15 is 0 Å². The van der Waals surface area contributed by atoms with Crippen LogP contribution in [-0.2, 0) is 10.4 Å². The predicted octanol–water partition coefficient (Wildman–Crippen LogP) is 2.76. The van der Waals surface area contributed by atoms with Crippen LogP contribution in [-0.4, -0.2) is 35.2 Å². The number of likely N-dealkylation sites (tertiary alicyclic amines) is 1. The van der Waals surface area contributed by atoms with Gasteiger partial charge in [-0.15, -0.1) is 0 Å². The van der Waals surface area contributed by atoms with Gasteiger partial charge in [0, 0.05) is 13.0 Å².